The molecule has 2 aromatic heterocycles. The molecule has 2 aromatic rings. The van der Waals surface area contributed by atoms with Crippen LogP contribution in [-0.2, 0) is 13.6 Å². The molecule has 90 valence electrons. The van der Waals surface area contributed by atoms with Gasteiger partial charge in [0, 0.05) is 25.5 Å². The maximum Gasteiger partial charge on any atom is 0.218 e. The summed E-state index contributed by atoms with van der Waals surface area (Å²) in [6, 6.07) is 1.76. The first-order valence-corrected chi connectivity index (χ1v) is 5.29. The Balaban J connectivity index is 2.09. The molecular formula is C11H15N5O. The smallest absolute Gasteiger partial charge is 0.218 e. The number of methoxy groups -OCH3 is 1. The zero-order valence-electron chi connectivity index (χ0n) is 10.1. The quantitative estimate of drug-likeness (QED) is 0.857. The summed E-state index contributed by atoms with van der Waals surface area (Å²) in [4.78, 5) is 12.6. The lowest BCUT2D eigenvalue weighted by atomic mass is 10.5. The molecule has 1 N–H and O–H groups in total. The molecule has 6 heteroatoms. The topological polar surface area (TPSA) is 64.9 Å². The molecule has 0 fully saturated rings. The van der Waals surface area contributed by atoms with E-state index in [9.17, 15) is 0 Å². The van der Waals surface area contributed by atoms with E-state index in [1.54, 1.807) is 19.4 Å². The largest absolute Gasteiger partial charge is 0.481 e. The molecule has 2 heterocycles. The van der Waals surface area contributed by atoms with Gasteiger partial charge in [0.05, 0.1) is 13.7 Å². The average molecular weight is 233 g/mol. The third kappa shape index (κ3) is 2.72. The highest BCUT2D eigenvalue weighted by atomic mass is 16.5. The molecule has 0 aliphatic heterocycles. The third-order valence-electron chi connectivity index (χ3n) is 2.37. The highest BCUT2D eigenvalue weighted by Gasteiger charge is 2.03. The predicted molar refractivity (Wildman–Crippen MR) is 63.9 cm³/mol. The summed E-state index contributed by atoms with van der Waals surface area (Å²) in [5, 5.41) is 3.19. The first-order chi connectivity index (χ1) is 8.19. The molecule has 0 atom stereocenters. The van der Waals surface area contributed by atoms with Gasteiger partial charge in [-0.25, -0.2) is 9.97 Å². The molecule has 0 aromatic carbocycles. The fraction of sp³-hybridized carbons (Fsp3) is 0.364. The van der Waals surface area contributed by atoms with Gasteiger partial charge in [0.25, 0.3) is 0 Å². The van der Waals surface area contributed by atoms with Gasteiger partial charge >= 0.3 is 0 Å². The number of anilines is 1. The Morgan fingerprint density at radius 2 is 2.24 bits per heavy atom. The van der Waals surface area contributed by atoms with Crippen molar-refractivity contribution in [2.75, 3.05) is 12.4 Å². The molecule has 2 rings (SSSR count). The Morgan fingerprint density at radius 1 is 1.41 bits per heavy atom. The van der Waals surface area contributed by atoms with E-state index in [4.69, 9.17) is 4.74 Å². The average Bonchev–Trinajstić information content (AvgIpc) is 2.71. The summed E-state index contributed by atoms with van der Waals surface area (Å²) in [6.07, 6.45) is 3.67. The molecule has 0 spiro atoms. The summed E-state index contributed by atoms with van der Waals surface area (Å²) in [5.74, 6) is 2.91. The number of aromatic nitrogens is 4. The van der Waals surface area contributed by atoms with Crippen molar-refractivity contribution < 1.29 is 4.74 Å². The minimum atomic E-state index is 0.555. The van der Waals surface area contributed by atoms with Crippen molar-refractivity contribution in [1.82, 2.24) is 19.5 Å². The van der Waals surface area contributed by atoms with Crippen LogP contribution in [0.1, 0.15) is 11.6 Å². The van der Waals surface area contributed by atoms with E-state index in [1.165, 1.54) is 0 Å². The molecule has 0 saturated carbocycles. The molecule has 17 heavy (non-hydrogen) atoms. The van der Waals surface area contributed by atoms with Crippen LogP contribution in [0.5, 0.6) is 5.88 Å². The standard InChI is InChI=1S/C11H15N5O/c1-8-14-9(6-11(15-8)17-3)13-7-10-12-4-5-16(10)2/h4-6H,7H2,1-3H3,(H,13,14,15). The monoisotopic (exact) mass is 233 g/mol. The van der Waals surface area contributed by atoms with E-state index in [1.807, 2.05) is 24.7 Å². The van der Waals surface area contributed by atoms with Crippen LogP contribution in [0.2, 0.25) is 0 Å². The minimum Gasteiger partial charge on any atom is -0.481 e. The second kappa shape index (κ2) is 4.82. The second-order valence-corrected chi connectivity index (χ2v) is 3.65. The number of ether oxygens (including phenoxy) is 1. The second-order valence-electron chi connectivity index (χ2n) is 3.65. The molecule has 0 amide bonds. The Bertz CT molecular complexity index is 508. The van der Waals surface area contributed by atoms with Crippen molar-refractivity contribution in [3.05, 3.63) is 30.1 Å². The highest BCUT2D eigenvalue weighted by Crippen LogP contribution is 2.13. The SMILES string of the molecule is COc1cc(NCc2nccn2C)nc(C)n1. The lowest BCUT2D eigenvalue weighted by Crippen LogP contribution is -2.08. The van der Waals surface area contributed by atoms with Gasteiger partial charge in [-0.1, -0.05) is 0 Å². The summed E-state index contributed by atoms with van der Waals surface area (Å²) < 4.78 is 7.04. The van der Waals surface area contributed by atoms with Crippen molar-refractivity contribution in [2.24, 2.45) is 7.05 Å². The van der Waals surface area contributed by atoms with E-state index < -0.39 is 0 Å². The number of hydrogen-bond acceptors (Lipinski definition) is 5. The maximum atomic E-state index is 5.08. The normalized spacial score (nSPS) is 10.3. The fourth-order valence-corrected chi connectivity index (χ4v) is 1.47. The number of imidazole rings is 1. The van der Waals surface area contributed by atoms with E-state index in [0.717, 1.165) is 11.6 Å². The maximum absolute atomic E-state index is 5.08. The fourth-order valence-electron chi connectivity index (χ4n) is 1.47. The van der Waals surface area contributed by atoms with Crippen LogP contribution in [0.15, 0.2) is 18.5 Å². The molecule has 0 saturated heterocycles. The van der Waals surface area contributed by atoms with Crippen molar-refractivity contribution >= 4 is 5.82 Å². The number of nitrogens with one attached hydrogen (secondary N) is 1. The van der Waals surface area contributed by atoms with Crippen LogP contribution < -0.4 is 10.1 Å². The van der Waals surface area contributed by atoms with Crippen molar-refractivity contribution in [1.29, 1.82) is 0 Å². The number of hydrogen-bond donors (Lipinski definition) is 1. The number of aryl methyl sites for hydroxylation is 2. The van der Waals surface area contributed by atoms with Crippen LogP contribution in [0, 0.1) is 6.92 Å². The summed E-state index contributed by atoms with van der Waals surface area (Å²) >= 11 is 0. The Hall–Kier alpha value is -2.11. The molecule has 6 nitrogen and oxygen atoms in total. The zero-order valence-corrected chi connectivity index (χ0v) is 10.1. The Morgan fingerprint density at radius 3 is 2.88 bits per heavy atom. The van der Waals surface area contributed by atoms with Crippen LogP contribution in [0.25, 0.3) is 0 Å². The van der Waals surface area contributed by atoms with Gasteiger partial charge < -0.3 is 14.6 Å². The molecule has 0 bridgehead atoms. The highest BCUT2D eigenvalue weighted by molar-refractivity contribution is 5.38. The molecule has 0 aliphatic rings. The van der Waals surface area contributed by atoms with Gasteiger partial charge in [0.1, 0.15) is 17.5 Å². The zero-order chi connectivity index (χ0) is 12.3. The lowest BCUT2D eigenvalue weighted by molar-refractivity contribution is 0.396. The molecule has 0 unspecified atom stereocenters. The minimum absolute atomic E-state index is 0.555. The van der Waals surface area contributed by atoms with Crippen molar-refractivity contribution in [2.45, 2.75) is 13.5 Å². The van der Waals surface area contributed by atoms with Gasteiger partial charge in [0.15, 0.2) is 0 Å². The van der Waals surface area contributed by atoms with Crippen molar-refractivity contribution in [3.8, 4) is 5.88 Å². The van der Waals surface area contributed by atoms with Crippen LogP contribution in [0.3, 0.4) is 0 Å². The Labute approximate surface area is 99.7 Å². The first kappa shape index (κ1) is 11.4. The molecule has 0 aliphatic carbocycles. The Kier molecular flexibility index (Phi) is 3.22. The van der Waals surface area contributed by atoms with E-state index in [0.29, 0.717) is 18.2 Å². The number of rotatable bonds is 4. The van der Waals surface area contributed by atoms with Crippen molar-refractivity contribution in [3.63, 3.8) is 0 Å². The van der Waals surface area contributed by atoms with Gasteiger partial charge in [-0.3, -0.25) is 0 Å². The van der Waals surface area contributed by atoms with Crippen LogP contribution in [-0.4, -0.2) is 26.6 Å². The van der Waals surface area contributed by atoms with E-state index in [-0.39, 0.29) is 0 Å². The molecule has 0 radical (unpaired) electrons. The predicted octanol–water partition coefficient (Wildman–Crippen LogP) is 1.14. The number of nitrogens with zero attached hydrogens (tertiary/aromatic N) is 4. The van der Waals surface area contributed by atoms with Gasteiger partial charge in [0.2, 0.25) is 5.88 Å². The lowest BCUT2D eigenvalue weighted by Gasteiger charge is -2.07. The van der Waals surface area contributed by atoms with E-state index >= 15 is 0 Å². The summed E-state index contributed by atoms with van der Waals surface area (Å²) in [7, 11) is 3.54. The van der Waals surface area contributed by atoms with Crippen LogP contribution >= 0.6 is 0 Å². The van der Waals surface area contributed by atoms with Crippen LogP contribution in [0.4, 0.5) is 5.82 Å². The first-order valence-electron chi connectivity index (χ1n) is 5.29. The van der Waals surface area contributed by atoms with Gasteiger partial charge in [-0.2, -0.15) is 4.98 Å². The summed E-state index contributed by atoms with van der Waals surface area (Å²) in [6.45, 7) is 2.44. The third-order valence-corrected chi connectivity index (χ3v) is 2.37. The van der Waals surface area contributed by atoms with Gasteiger partial charge in [-0.15, -0.1) is 0 Å². The van der Waals surface area contributed by atoms with E-state index in [2.05, 4.69) is 20.3 Å². The summed E-state index contributed by atoms with van der Waals surface area (Å²) in [5.41, 5.74) is 0. The molecular weight excluding hydrogens is 218 g/mol. The van der Waals surface area contributed by atoms with Gasteiger partial charge in [-0.05, 0) is 6.92 Å².